The van der Waals surface area contributed by atoms with Crippen molar-refractivity contribution in [2.45, 2.75) is 38.8 Å². The molecule has 0 aliphatic heterocycles. The zero-order chi connectivity index (χ0) is 17.0. The summed E-state index contributed by atoms with van der Waals surface area (Å²) < 4.78 is 9.97. The predicted octanol–water partition coefficient (Wildman–Crippen LogP) is 2.17. The number of methoxy groups -OCH3 is 1. The van der Waals surface area contributed by atoms with Crippen LogP contribution < -0.4 is 5.32 Å². The third-order valence-corrected chi connectivity index (χ3v) is 3.15. The third-order valence-electron chi connectivity index (χ3n) is 3.15. The van der Waals surface area contributed by atoms with Crippen LogP contribution in [0.2, 0.25) is 0 Å². The van der Waals surface area contributed by atoms with E-state index in [0.29, 0.717) is 0 Å². The van der Waals surface area contributed by atoms with Crippen LogP contribution >= 0.6 is 0 Å². The number of H-pyrrole nitrogens is 1. The number of carbonyl (C=O) groups excluding carboxylic acids is 2. The van der Waals surface area contributed by atoms with Gasteiger partial charge in [0.1, 0.15) is 17.3 Å². The average Bonchev–Trinajstić information content (AvgIpc) is 2.93. The van der Waals surface area contributed by atoms with E-state index in [1.807, 2.05) is 12.1 Å². The molecule has 2 aromatic rings. The summed E-state index contributed by atoms with van der Waals surface area (Å²) in [5, 5.41) is 3.46. The molecule has 0 saturated heterocycles. The van der Waals surface area contributed by atoms with Gasteiger partial charge in [0.25, 0.3) is 0 Å². The van der Waals surface area contributed by atoms with E-state index in [4.69, 9.17) is 9.47 Å². The number of hydrogen-bond donors (Lipinski definition) is 2. The van der Waals surface area contributed by atoms with E-state index < -0.39 is 23.7 Å². The minimum absolute atomic E-state index is 0.281. The van der Waals surface area contributed by atoms with Crippen molar-refractivity contribution in [1.29, 1.82) is 0 Å². The molecule has 0 aliphatic carbocycles. The Balaban J connectivity index is 2.17. The maximum absolute atomic E-state index is 12.0. The Morgan fingerprint density at radius 1 is 1.35 bits per heavy atom. The van der Waals surface area contributed by atoms with Gasteiger partial charge in [-0.25, -0.2) is 14.6 Å². The van der Waals surface area contributed by atoms with Crippen molar-refractivity contribution in [3.8, 4) is 0 Å². The fourth-order valence-electron chi connectivity index (χ4n) is 2.20. The molecule has 2 heterocycles. The highest BCUT2D eigenvalue weighted by Gasteiger charge is 2.26. The van der Waals surface area contributed by atoms with Crippen LogP contribution in [0.15, 0.2) is 24.5 Å². The minimum Gasteiger partial charge on any atom is -0.467 e. The van der Waals surface area contributed by atoms with Crippen LogP contribution in [0.25, 0.3) is 11.0 Å². The molecule has 0 fully saturated rings. The van der Waals surface area contributed by atoms with Crippen LogP contribution in [0.3, 0.4) is 0 Å². The van der Waals surface area contributed by atoms with Crippen LogP contribution in [0, 0.1) is 0 Å². The summed E-state index contributed by atoms with van der Waals surface area (Å²) in [5.41, 5.74) is 0.959. The van der Waals surface area contributed by atoms with Gasteiger partial charge in [-0.3, -0.25) is 0 Å². The van der Waals surface area contributed by atoms with E-state index in [0.717, 1.165) is 16.6 Å². The first kappa shape index (κ1) is 16.8. The van der Waals surface area contributed by atoms with Crippen molar-refractivity contribution in [2.75, 3.05) is 7.11 Å². The maximum atomic E-state index is 12.0. The highest BCUT2D eigenvalue weighted by molar-refractivity contribution is 5.84. The van der Waals surface area contributed by atoms with E-state index >= 15 is 0 Å². The fourth-order valence-corrected chi connectivity index (χ4v) is 2.20. The summed E-state index contributed by atoms with van der Waals surface area (Å²) >= 11 is 0. The normalized spacial score (nSPS) is 12.7. The van der Waals surface area contributed by atoms with Crippen LogP contribution in [0.4, 0.5) is 4.79 Å². The molecule has 1 amide bonds. The average molecular weight is 319 g/mol. The van der Waals surface area contributed by atoms with Crippen LogP contribution in [0.1, 0.15) is 26.3 Å². The highest BCUT2D eigenvalue weighted by Crippen LogP contribution is 2.17. The molecule has 1 atom stereocenters. The standard InChI is InChI=1S/C16H21N3O4/c1-16(2,3)23-15(21)19-12(14(20)22-4)9-10-5-7-17-13-11(10)6-8-18-13/h5-8,12H,9H2,1-4H3,(H,17,18)(H,19,21)/t12-/m0/s1. The molecule has 0 aromatic carbocycles. The molecule has 0 unspecified atom stereocenters. The Kier molecular flexibility index (Phi) is 4.88. The number of amides is 1. The van der Waals surface area contributed by atoms with E-state index in [1.54, 1.807) is 33.2 Å². The van der Waals surface area contributed by atoms with Gasteiger partial charge in [-0.15, -0.1) is 0 Å². The second kappa shape index (κ2) is 6.68. The molecular formula is C16H21N3O4. The van der Waals surface area contributed by atoms with Crippen molar-refractivity contribution >= 4 is 23.1 Å². The topological polar surface area (TPSA) is 93.3 Å². The van der Waals surface area contributed by atoms with E-state index in [2.05, 4.69) is 15.3 Å². The number of ether oxygens (including phenoxy) is 2. The summed E-state index contributed by atoms with van der Waals surface area (Å²) in [4.78, 5) is 31.1. The first-order valence-corrected chi connectivity index (χ1v) is 7.28. The lowest BCUT2D eigenvalue weighted by molar-refractivity contribution is -0.143. The van der Waals surface area contributed by atoms with Gasteiger partial charge in [-0.1, -0.05) is 0 Å². The molecule has 2 rings (SSSR count). The van der Waals surface area contributed by atoms with Gasteiger partial charge in [0, 0.05) is 24.2 Å². The fraction of sp³-hybridized carbons (Fsp3) is 0.438. The lowest BCUT2D eigenvalue weighted by atomic mass is 10.0. The number of hydrogen-bond acceptors (Lipinski definition) is 5. The molecule has 2 N–H and O–H groups in total. The number of fused-ring (bicyclic) bond motifs is 1. The lowest BCUT2D eigenvalue weighted by Gasteiger charge is -2.22. The summed E-state index contributed by atoms with van der Waals surface area (Å²) in [5.74, 6) is -0.531. The van der Waals surface area contributed by atoms with Crippen molar-refractivity contribution in [2.24, 2.45) is 0 Å². The van der Waals surface area contributed by atoms with Crippen LogP contribution in [-0.2, 0) is 20.7 Å². The Bertz CT molecular complexity index is 703. The number of aromatic amines is 1. The number of aromatic nitrogens is 2. The molecule has 7 nitrogen and oxygen atoms in total. The van der Waals surface area contributed by atoms with Crippen molar-refractivity contribution in [3.63, 3.8) is 0 Å². The minimum atomic E-state index is -0.838. The Hall–Kier alpha value is -2.57. The SMILES string of the molecule is COC(=O)[C@H](Cc1ccnc2[nH]ccc12)NC(=O)OC(C)(C)C. The number of nitrogens with one attached hydrogen (secondary N) is 2. The summed E-state index contributed by atoms with van der Waals surface area (Å²) in [6.45, 7) is 5.27. The first-order valence-electron chi connectivity index (χ1n) is 7.28. The van der Waals surface area contributed by atoms with Crippen LogP contribution in [-0.4, -0.2) is 40.8 Å². The van der Waals surface area contributed by atoms with Crippen molar-refractivity contribution < 1.29 is 19.1 Å². The molecule has 7 heteroatoms. The maximum Gasteiger partial charge on any atom is 0.408 e. The smallest absolute Gasteiger partial charge is 0.408 e. The number of rotatable bonds is 4. The number of carbonyl (C=O) groups is 2. The van der Waals surface area contributed by atoms with Gasteiger partial charge < -0.3 is 19.8 Å². The van der Waals surface area contributed by atoms with Gasteiger partial charge in [0.15, 0.2) is 0 Å². The van der Waals surface area contributed by atoms with Crippen molar-refractivity contribution in [1.82, 2.24) is 15.3 Å². The predicted molar refractivity (Wildman–Crippen MR) is 85.0 cm³/mol. The lowest BCUT2D eigenvalue weighted by Crippen LogP contribution is -2.45. The monoisotopic (exact) mass is 319 g/mol. The van der Waals surface area contributed by atoms with Crippen molar-refractivity contribution in [3.05, 3.63) is 30.1 Å². The van der Waals surface area contributed by atoms with Gasteiger partial charge >= 0.3 is 12.1 Å². The molecule has 0 bridgehead atoms. The molecule has 124 valence electrons. The van der Waals surface area contributed by atoms with Gasteiger partial charge in [-0.05, 0) is 38.5 Å². The van der Waals surface area contributed by atoms with E-state index in [-0.39, 0.29) is 6.42 Å². The molecule has 0 aliphatic rings. The Morgan fingerprint density at radius 3 is 2.74 bits per heavy atom. The van der Waals surface area contributed by atoms with E-state index in [9.17, 15) is 9.59 Å². The molecule has 0 radical (unpaired) electrons. The summed E-state index contributed by atoms with van der Waals surface area (Å²) in [6, 6.07) is 2.85. The van der Waals surface area contributed by atoms with Crippen LogP contribution in [0.5, 0.6) is 0 Å². The number of pyridine rings is 1. The highest BCUT2D eigenvalue weighted by atomic mass is 16.6. The third kappa shape index (κ3) is 4.45. The Labute approximate surface area is 134 Å². The second-order valence-corrected chi connectivity index (χ2v) is 6.14. The van der Waals surface area contributed by atoms with Gasteiger partial charge in [0.05, 0.1) is 7.11 Å². The summed E-state index contributed by atoms with van der Waals surface area (Å²) in [6.07, 6.45) is 3.04. The Morgan fingerprint density at radius 2 is 2.09 bits per heavy atom. The van der Waals surface area contributed by atoms with Gasteiger partial charge in [-0.2, -0.15) is 0 Å². The number of nitrogens with zero attached hydrogens (tertiary/aromatic N) is 1. The molecular weight excluding hydrogens is 298 g/mol. The molecule has 2 aromatic heterocycles. The summed E-state index contributed by atoms with van der Waals surface area (Å²) in [7, 11) is 1.28. The number of esters is 1. The van der Waals surface area contributed by atoms with E-state index in [1.165, 1.54) is 7.11 Å². The first-order chi connectivity index (χ1) is 10.8. The largest absolute Gasteiger partial charge is 0.467 e. The molecule has 0 saturated carbocycles. The molecule has 23 heavy (non-hydrogen) atoms. The molecule has 0 spiro atoms. The zero-order valence-corrected chi connectivity index (χ0v) is 13.7. The van der Waals surface area contributed by atoms with Gasteiger partial charge in [0.2, 0.25) is 0 Å². The number of alkyl carbamates (subject to hydrolysis) is 1. The second-order valence-electron chi connectivity index (χ2n) is 6.14. The zero-order valence-electron chi connectivity index (χ0n) is 13.7. The quantitative estimate of drug-likeness (QED) is 0.842.